The molecule has 1 unspecified atom stereocenters. The number of aliphatic imine (C=N–C) groups is 1. The number of nitrogens with two attached hydrogens (primary N) is 2. The van der Waals surface area contributed by atoms with Crippen molar-refractivity contribution >= 4 is 35.7 Å². The number of aliphatic carboxylic acids is 1. The van der Waals surface area contributed by atoms with Crippen LogP contribution in [-0.2, 0) is 25.7 Å². The first-order valence-electron chi connectivity index (χ1n) is 18.4. The van der Waals surface area contributed by atoms with Gasteiger partial charge in [-0.3, -0.25) is 14.4 Å². The third-order valence-corrected chi connectivity index (χ3v) is 7.97. The summed E-state index contributed by atoms with van der Waals surface area (Å²) in [6.07, 6.45) is -2.45. The molecule has 2 atom stereocenters. The molecule has 0 heterocycles. The lowest BCUT2D eigenvalue weighted by Crippen LogP contribution is -2.48. The van der Waals surface area contributed by atoms with Crippen molar-refractivity contribution < 1.29 is 52.1 Å². The molecular formula is C39H51F3N8O8. The molecule has 11 N–H and O–H groups in total. The summed E-state index contributed by atoms with van der Waals surface area (Å²) in [5.41, 5.74) is 13.7. The van der Waals surface area contributed by atoms with Crippen LogP contribution in [0.1, 0.15) is 61.6 Å². The Morgan fingerprint density at radius 2 is 1.47 bits per heavy atom. The number of nitrogens with zero attached hydrogens (tertiary/aromatic N) is 1. The molecule has 316 valence electrons. The third-order valence-electron chi connectivity index (χ3n) is 7.97. The Balaban J connectivity index is 0.00000151. The van der Waals surface area contributed by atoms with Gasteiger partial charge in [-0.15, -0.1) is 0 Å². The summed E-state index contributed by atoms with van der Waals surface area (Å²) in [5.74, 6) is -3.75. The molecular weight excluding hydrogens is 765 g/mol. The van der Waals surface area contributed by atoms with Gasteiger partial charge in [0, 0.05) is 32.6 Å². The summed E-state index contributed by atoms with van der Waals surface area (Å²) in [6.45, 7) is 3.72. The molecule has 5 amide bonds. The van der Waals surface area contributed by atoms with E-state index in [1.54, 1.807) is 19.1 Å². The second-order valence-corrected chi connectivity index (χ2v) is 12.5. The van der Waals surface area contributed by atoms with Crippen LogP contribution < -0.4 is 42.8 Å². The van der Waals surface area contributed by atoms with Crippen molar-refractivity contribution in [1.29, 1.82) is 0 Å². The number of amides is 5. The van der Waals surface area contributed by atoms with E-state index in [1.807, 2.05) is 54.6 Å². The number of carbonyl (C=O) groups is 5. The monoisotopic (exact) mass is 816 g/mol. The highest BCUT2D eigenvalue weighted by Gasteiger charge is 2.38. The Hall–Kier alpha value is -6.37. The van der Waals surface area contributed by atoms with Crippen LogP contribution in [0.4, 0.5) is 18.0 Å². The molecule has 0 bridgehead atoms. The van der Waals surface area contributed by atoms with Gasteiger partial charge in [-0.05, 0) is 73.2 Å². The Labute approximate surface area is 334 Å². The predicted octanol–water partition coefficient (Wildman–Crippen LogP) is 3.00. The number of nitrogens with one attached hydrogen (secondary N) is 5. The molecule has 3 rings (SSSR count). The number of ether oxygens (including phenoxy) is 1. The second kappa shape index (κ2) is 25.7. The number of phenolic OH excluding ortho intramolecular Hbond substituents is 1. The molecule has 0 aromatic heterocycles. The maximum absolute atomic E-state index is 14.1. The Kier molecular flexibility index (Phi) is 21.2. The molecule has 0 aliphatic carbocycles. The van der Waals surface area contributed by atoms with Crippen molar-refractivity contribution in [3.63, 3.8) is 0 Å². The summed E-state index contributed by atoms with van der Waals surface area (Å²) in [6, 6.07) is 21.5. The molecule has 0 aliphatic rings. The summed E-state index contributed by atoms with van der Waals surface area (Å²) in [5, 5.41) is 30.6. The Morgan fingerprint density at radius 3 is 2.10 bits per heavy atom. The van der Waals surface area contributed by atoms with E-state index in [0.717, 1.165) is 24.0 Å². The van der Waals surface area contributed by atoms with Gasteiger partial charge in [0.05, 0.1) is 12.5 Å². The number of phenols is 1. The molecule has 16 nitrogen and oxygen atoms in total. The number of aromatic hydroxyl groups is 1. The fraction of sp³-hybridized carbons (Fsp3) is 0.385. The summed E-state index contributed by atoms with van der Waals surface area (Å²) >= 11 is 0. The number of alkyl halides is 3. The number of halogens is 3. The number of hydrogen-bond donors (Lipinski definition) is 9. The van der Waals surface area contributed by atoms with Gasteiger partial charge >= 0.3 is 18.2 Å². The number of carbonyl (C=O) groups excluding carboxylic acids is 4. The van der Waals surface area contributed by atoms with Crippen molar-refractivity contribution in [3.8, 4) is 11.5 Å². The zero-order valence-electron chi connectivity index (χ0n) is 32.0. The van der Waals surface area contributed by atoms with Gasteiger partial charge in [-0.2, -0.15) is 18.2 Å². The molecule has 0 saturated heterocycles. The fourth-order valence-electron chi connectivity index (χ4n) is 5.02. The zero-order valence-corrected chi connectivity index (χ0v) is 32.0. The minimum atomic E-state index is -5.08. The normalized spacial score (nSPS) is 12.1. The van der Waals surface area contributed by atoms with Crippen molar-refractivity contribution in [2.45, 2.75) is 63.7 Å². The van der Waals surface area contributed by atoms with Crippen LogP contribution in [0.15, 0.2) is 83.9 Å². The number of rotatable bonds is 20. The van der Waals surface area contributed by atoms with E-state index < -0.39 is 36.0 Å². The number of guanidine groups is 1. The quantitative estimate of drug-likeness (QED) is 0.0455. The van der Waals surface area contributed by atoms with Crippen LogP contribution in [0, 0.1) is 0 Å². The number of unbranched alkanes of at least 4 members (excludes halogenated alkanes) is 1. The molecule has 19 heteroatoms. The standard InChI is InChI=1S/C37H50N8O6.C2HF3O2/c1-2-32(47)40-21-22-42-37(50)45-36(39)41-20-9-14-31(34(48)43-25-26-15-17-29(46)18-16-26)44-35(49)33(27-10-4-3-5-11-27)28-12-8-13-30(24-28)51-23-7-6-19-38;3-2(4,5)1(6)7/h3-5,8,10-13,15-18,24,31,33,46H,2,6-7,9,14,19-23,25,38H2,1H3,(H,40,47)(H,43,48)(H,44,49)(H4,39,41,42,45,50);(H,6,7)/t31-,33?;/m1./s1. The van der Waals surface area contributed by atoms with Crippen LogP contribution in [-0.4, -0.2) is 90.9 Å². The molecule has 58 heavy (non-hydrogen) atoms. The topological polar surface area (TPSA) is 260 Å². The van der Waals surface area contributed by atoms with Crippen molar-refractivity contribution in [3.05, 3.63) is 95.6 Å². The van der Waals surface area contributed by atoms with E-state index >= 15 is 0 Å². The van der Waals surface area contributed by atoms with Crippen molar-refractivity contribution in [2.75, 3.05) is 32.8 Å². The van der Waals surface area contributed by atoms with Crippen molar-refractivity contribution in [2.24, 2.45) is 16.5 Å². The summed E-state index contributed by atoms with van der Waals surface area (Å²) in [7, 11) is 0. The first kappa shape index (κ1) is 47.8. The van der Waals surface area contributed by atoms with E-state index in [4.69, 9.17) is 26.1 Å². The largest absolute Gasteiger partial charge is 0.508 e. The third kappa shape index (κ3) is 19.0. The number of carboxylic acid groups (broad SMARTS) is 1. The lowest BCUT2D eigenvalue weighted by molar-refractivity contribution is -0.192. The minimum absolute atomic E-state index is 0.112. The van der Waals surface area contributed by atoms with Gasteiger partial charge in [0.2, 0.25) is 17.7 Å². The highest BCUT2D eigenvalue weighted by molar-refractivity contribution is 5.93. The van der Waals surface area contributed by atoms with Crippen LogP contribution in [0.5, 0.6) is 11.5 Å². The maximum atomic E-state index is 14.1. The lowest BCUT2D eigenvalue weighted by Gasteiger charge is -2.24. The molecule has 0 spiro atoms. The lowest BCUT2D eigenvalue weighted by atomic mass is 9.90. The zero-order chi connectivity index (χ0) is 42.9. The van der Waals surface area contributed by atoms with Crippen LogP contribution in [0.2, 0.25) is 0 Å². The highest BCUT2D eigenvalue weighted by atomic mass is 19.4. The van der Waals surface area contributed by atoms with Gasteiger partial charge in [-0.1, -0.05) is 61.5 Å². The van der Waals surface area contributed by atoms with Gasteiger partial charge in [0.1, 0.15) is 17.5 Å². The van der Waals surface area contributed by atoms with E-state index in [2.05, 4.69) is 31.6 Å². The smallest absolute Gasteiger partial charge is 0.490 e. The maximum Gasteiger partial charge on any atom is 0.490 e. The molecule has 0 fully saturated rings. The SMILES string of the molecule is CCC(=O)NCCNC(=O)/N=C(/N)NCCC[C@@H](NC(=O)C(c1ccccc1)c1cccc(OCCCCN)c1)C(=O)NCc1ccc(O)cc1.O=C(O)C(F)(F)F. The molecule has 0 saturated carbocycles. The highest BCUT2D eigenvalue weighted by Crippen LogP contribution is 2.28. The molecule has 0 radical (unpaired) electrons. The molecule has 0 aliphatic heterocycles. The Bertz CT molecular complexity index is 1780. The second-order valence-electron chi connectivity index (χ2n) is 12.5. The van der Waals surface area contributed by atoms with E-state index in [-0.39, 0.29) is 56.1 Å². The summed E-state index contributed by atoms with van der Waals surface area (Å²) < 4.78 is 37.7. The minimum Gasteiger partial charge on any atom is -0.508 e. The summed E-state index contributed by atoms with van der Waals surface area (Å²) in [4.78, 5) is 63.7. The number of urea groups is 1. The number of benzene rings is 3. The fourth-order valence-corrected chi connectivity index (χ4v) is 5.02. The van der Waals surface area contributed by atoms with Gasteiger partial charge < -0.3 is 53.0 Å². The van der Waals surface area contributed by atoms with Gasteiger partial charge in [-0.25, -0.2) is 9.59 Å². The average molecular weight is 817 g/mol. The molecule has 3 aromatic carbocycles. The molecule has 3 aromatic rings. The first-order chi connectivity index (χ1) is 27.6. The van der Waals surface area contributed by atoms with Crippen molar-refractivity contribution in [1.82, 2.24) is 26.6 Å². The predicted molar refractivity (Wildman–Crippen MR) is 210 cm³/mol. The first-order valence-corrected chi connectivity index (χ1v) is 18.4. The van der Waals surface area contributed by atoms with E-state index in [9.17, 15) is 37.5 Å². The van der Waals surface area contributed by atoms with Gasteiger partial charge in [0.25, 0.3) is 0 Å². The van der Waals surface area contributed by atoms with Crippen LogP contribution in [0.3, 0.4) is 0 Å². The van der Waals surface area contributed by atoms with E-state index in [0.29, 0.717) is 37.3 Å². The van der Waals surface area contributed by atoms with E-state index in [1.165, 1.54) is 12.1 Å². The average Bonchev–Trinajstić information content (AvgIpc) is 3.19. The number of hydrogen-bond acceptors (Lipinski definition) is 8. The Morgan fingerprint density at radius 1 is 0.810 bits per heavy atom. The van der Waals surface area contributed by atoms with Crippen LogP contribution in [0.25, 0.3) is 0 Å². The van der Waals surface area contributed by atoms with Gasteiger partial charge in [0.15, 0.2) is 5.96 Å². The van der Waals surface area contributed by atoms with Crippen LogP contribution >= 0.6 is 0 Å². The number of carboxylic acids is 1.